The van der Waals surface area contributed by atoms with E-state index in [4.69, 9.17) is 0 Å². The summed E-state index contributed by atoms with van der Waals surface area (Å²) in [5.74, 6) is -1.49. The van der Waals surface area contributed by atoms with Gasteiger partial charge < -0.3 is 5.32 Å². The van der Waals surface area contributed by atoms with Crippen molar-refractivity contribution in [3.63, 3.8) is 0 Å². The molecule has 1 aromatic rings. The topological polar surface area (TPSA) is 15.3 Å². The number of piperazine rings is 1. The predicted octanol–water partition coefficient (Wildman–Crippen LogP) is 3.56. The molecule has 0 aliphatic carbocycles. The van der Waals surface area contributed by atoms with Crippen LogP contribution in [0.4, 0.5) is 8.78 Å². The number of hydrogen-bond acceptors (Lipinski definition) is 2. The first-order valence-corrected chi connectivity index (χ1v) is 7.52. The molecule has 1 atom stereocenters. The minimum Gasteiger partial charge on any atom is -0.310 e. The molecule has 2 rings (SSSR count). The Morgan fingerprint density at radius 2 is 1.95 bits per heavy atom. The van der Waals surface area contributed by atoms with Crippen LogP contribution in [0.25, 0.3) is 0 Å². The van der Waals surface area contributed by atoms with Gasteiger partial charge >= 0.3 is 0 Å². The standard InChI is InChI=1S/C17H26F2N2/c1-16(2,3)14-10-21(17(4,5)11-20-14)9-12-7-6-8-13(18)15(12)19/h6-8,14,20H,9-11H2,1-5H3. The van der Waals surface area contributed by atoms with Crippen LogP contribution in [0.1, 0.15) is 40.2 Å². The van der Waals surface area contributed by atoms with Crippen LogP contribution in [0.3, 0.4) is 0 Å². The molecule has 21 heavy (non-hydrogen) atoms. The summed E-state index contributed by atoms with van der Waals surface area (Å²) in [5, 5.41) is 3.58. The van der Waals surface area contributed by atoms with Gasteiger partial charge in [0.05, 0.1) is 0 Å². The van der Waals surface area contributed by atoms with Crippen molar-refractivity contribution in [1.82, 2.24) is 10.2 Å². The number of rotatable bonds is 2. The van der Waals surface area contributed by atoms with Crippen LogP contribution in [0, 0.1) is 17.0 Å². The van der Waals surface area contributed by atoms with Gasteiger partial charge in [-0.3, -0.25) is 4.90 Å². The van der Waals surface area contributed by atoms with Crippen molar-refractivity contribution in [2.75, 3.05) is 13.1 Å². The summed E-state index contributed by atoms with van der Waals surface area (Å²) in [6.45, 7) is 13.0. The number of nitrogens with zero attached hydrogens (tertiary/aromatic N) is 1. The Morgan fingerprint density at radius 1 is 1.29 bits per heavy atom. The van der Waals surface area contributed by atoms with E-state index in [-0.39, 0.29) is 11.0 Å². The second-order valence-corrected chi connectivity index (χ2v) is 7.71. The lowest BCUT2D eigenvalue weighted by molar-refractivity contribution is 0.0287. The zero-order valence-electron chi connectivity index (χ0n) is 13.6. The molecule has 4 heteroatoms. The molecule has 0 aromatic heterocycles. The molecule has 1 saturated heterocycles. The molecule has 0 bridgehead atoms. The van der Waals surface area contributed by atoms with E-state index in [0.717, 1.165) is 13.1 Å². The van der Waals surface area contributed by atoms with Crippen LogP contribution in [0.5, 0.6) is 0 Å². The van der Waals surface area contributed by atoms with Crippen LogP contribution >= 0.6 is 0 Å². The Bertz CT molecular complexity index is 506. The fourth-order valence-electron chi connectivity index (χ4n) is 2.75. The average molecular weight is 296 g/mol. The van der Waals surface area contributed by atoms with E-state index in [1.165, 1.54) is 6.07 Å². The largest absolute Gasteiger partial charge is 0.310 e. The molecule has 2 nitrogen and oxygen atoms in total. The molecule has 0 saturated carbocycles. The highest BCUT2D eigenvalue weighted by atomic mass is 19.2. The second-order valence-electron chi connectivity index (χ2n) is 7.71. The van der Waals surface area contributed by atoms with Gasteiger partial charge in [-0.1, -0.05) is 32.9 Å². The Labute approximate surface area is 126 Å². The molecule has 1 unspecified atom stereocenters. The molecule has 118 valence electrons. The van der Waals surface area contributed by atoms with Crippen molar-refractivity contribution < 1.29 is 8.78 Å². The van der Waals surface area contributed by atoms with E-state index in [2.05, 4.69) is 44.8 Å². The Morgan fingerprint density at radius 3 is 2.57 bits per heavy atom. The van der Waals surface area contributed by atoms with Gasteiger partial charge in [-0.25, -0.2) is 8.78 Å². The van der Waals surface area contributed by atoms with Crippen LogP contribution in [0.15, 0.2) is 18.2 Å². The summed E-state index contributed by atoms with van der Waals surface area (Å²) in [4.78, 5) is 2.25. The maximum atomic E-state index is 13.9. The van der Waals surface area contributed by atoms with E-state index in [0.29, 0.717) is 18.2 Å². The molecular formula is C17H26F2N2. The molecule has 1 aliphatic heterocycles. The normalized spacial score (nSPS) is 23.3. The highest BCUT2D eigenvalue weighted by Crippen LogP contribution is 2.29. The Balaban J connectivity index is 2.21. The van der Waals surface area contributed by atoms with E-state index in [1.54, 1.807) is 12.1 Å². The highest BCUT2D eigenvalue weighted by molar-refractivity contribution is 5.19. The lowest BCUT2D eigenvalue weighted by atomic mass is 9.82. The first kappa shape index (κ1) is 16.4. The lowest BCUT2D eigenvalue weighted by Gasteiger charge is -2.49. The molecule has 1 fully saturated rings. The van der Waals surface area contributed by atoms with Gasteiger partial charge in [-0.2, -0.15) is 0 Å². The van der Waals surface area contributed by atoms with Crippen molar-refractivity contribution in [2.24, 2.45) is 5.41 Å². The van der Waals surface area contributed by atoms with Gasteiger partial charge in [-0.15, -0.1) is 0 Å². The zero-order valence-corrected chi connectivity index (χ0v) is 13.6. The first-order chi connectivity index (χ1) is 9.61. The summed E-state index contributed by atoms with van der Waals surface area (Å²) in [6.07, 6.45) is 0. The maximum absolute atomic E-state index is 13.9. The molecular weight excluding hydrogens is 270 g/mol. The maximum Gasteiger partial charge on any atom is 0.163 e. The van der Waals surface area contributed by atoms with Crippen LogP contribution in [0.2, 0.25) is 0 Å². The molecule has 0 radical (unpaired) electrons. The third-order valence-electron chi connectivity index (χ3n) is 4.48. The predicted molar refractivity (Wildman–Crippen MR) is 82.1 cm³/mol. The van der Waals surface area contributed by atoms with Gasteiger partial charge in [0, 0.05) is 36.8 Å². The van der Waals surface area contributed by atoms with Crippen molar-refractivity contribution in [3.8, 4) is 0 Å². The van der Waals surface area contributed by atoms with Crippen molar-refractivity contribution in [1.29, 1.82) is 0 Å². The van der Waals surface area contributed by atoms with Crippen LogP contribution < -0.4 is 5.32 Å². The lowest BCUT2D eigenvalue weighted by Crippen LogP contribution is -2.64. The van der Waals surface area contributed by atoms with Gasteiger partial charge in [0.15, 0.2) is 11.6 Å². The fourth-order valence-corrected chi connectivity index (χ4v) is 2.75. The molecule has 1 aromatic carbocycles. The molecule has 1 heterocycles. The second kappa shape index (κ2) is 5.65. The number of halogens is 2. The van der Waals surface area contributed by atoms with Crippen LogP contribution in [-0.4, -0.2) is 29.6 Å². The minimum absolute atomic E-state index is 0.0828. The molecule has 0 spiro atoms. The Kier molecular flexibility index (Phi) is 4.41. The smallest absolute Gasteiger partial charge is 0.163 e. The third kappa shape index (κ3) is 3.61. The van der Waals surface area contributed by atoms with Crippen molar-refractivity contribution in [2.45, 2.75) is 52.7 Å². The quantitative estimate of drug-likeness (QED) is 0.897. The fraction of sp³-hybridized carbons (Fsp3) is 0.647. The van der Waals surface area contributed by atoms with E-state index in [9.17, 15) is 8.78 Å². The summed E-state index contributed by atoms with van der Waals surface area (Å²) < 4.78 is 27.3. The van der Waals surface area contributed by atoms with Gasteiger partial charge in [0.25, 0.3) is 0 Å². The first-order valence-electron chi connectivity index (χ1n) is 7.52. The van der Waals surface area contributed by atoms with Crippen molar-refractivity contribution in [3.05, 3.63) is 35.4 Å². The van der Waals surface area contributed by atoms with Gasteiger partial charge in [0.1, 0.15) is 0 Å². The van der Waals surface area contributed by atoms with E-state index in [1.807, 2.05) is 0 Å². The van der Waals surface area contributed by atoms with E-state index >= 15 is 0 Å². The molecule has 0 amide bonds. The summed E-state index contributed by atoms with van der Waals surface area (Å²) in [5.41, 5.74) is 0.480. The molecule has 1 N–H and O–H groups in total. The SMILES string of the molecule is CC(C)(C)C1CN(Cc2cccc(F)c2F)C(C)(C)CN1. The van der Waals surface area contributed by atoms with E-state index < -0.39 is 11.6 Å². The van der Waals surface area contributed by atoms with Crippen LogP contribution in [-0.2, 0) is 6.54 Å². The monoisotopic (exact) mass is 296 g/mol. The number of nitrogens with one attached hydrogen (secondary N) is 1. The summed E-state index contributed by atoms with van der Waals surface area (Å²) in [6, 6.07) is 4.74. The minimum atomic E-state index is -0.771. The van der Waals surface area contributed by atoms with Gasteiger partial charge in [-0.05, 0) is 25.3 Å². The van der Waals surface area contributed by atoms with Crippen molar-refractivity contribution >= 4 is 0 Å². The highest BCUT2D eigenvalue weighted by Gasteiger charge is 2.38. The zero-order chi connectivity index (χ0) is 15.8. The van der Waals surface area contributed by atoms with Gasteiger partial charge in [0.2, 0.25) is 0 Å². The average Bonchev–Trinajstić information content (AvgIpc) is 2.35. The summed E-state index contributed by atoms with van der Waals surface area (Å²) in [7, 11) is 0. The Hall–Kier alpha value is -1.00. The summed E-state index contributed by atoms with van der Waals surface area (Å²) >= 11 is 0. The number of benzene rings is 1. The number of hydrogen-bond donors (Lipinski definition) is 1. The third-order valence-corrected chi connectivity index (χ3v) is 4.48. The molecule has 1 aliphatic rings.